The summed E-state index contributed by atoms with van der Waals surface area (Å²) in [6.07, 6.45) is 2.34. The third-order valence-electron chi connectivity index (χ3n) is 6.02. The number of aryl methyl sites for hydroxylation is 1. The smallest absolute Gasteiger partial charge is 0.235 e. The summed E-state index contributed by atoms with van der Waals surface area (Å²) in [6.45, 7) is 2.25. The maximum atomic E-state index is 14.6. The molecule has 0 saturated heterocycles. The molecule has 1 aliphatic heterocycles. The van der Waals surface area contributed by atoms with Crippen molar-refractivity contribution in [1.82, 2.24) is 0 Å². The van der Waals surface area contributed by atoms with Gasteiger partial charge in [-0.3, -0.25) is 4.79 Å². The highest BCUT2D eigenvalue weighted by atomic mass is 19.1. The second-order valence-corrected chi connectivity index (χ2v) is 7.81. The molecule has 1 heterocycles. The molecule has 30 heavy (non-hydrogen) atoms. The van der Waals surface area contributed by atoms with Gasteiger partial charge in [-0.2, -0.15) is 0 Å². The molecule has 1 aliphatic carbocycles. The van der Waals surface area contributed by atoms with Crippen LogP contribution in [0.25, 0.3) is 11.1 Å². The first-order valence-corrected chi connectivity index (χ1v) is 10.2. The Hall–Kier alpha value is -3.34. The van der Waals surface area contributed by atoms with Crippen LogP contribution in [0.4, 0.5) is 10.1 Å². The van der Waals surface area contributed by atoms with Crippen LogP contribution in [0.5, 0.6) is 11.5 Å². The van der Waals surface area contributed by atoms with Crippen molar-refractivity contribution in [1.29, 1.82) is 0 Å². The molecule has 0 spiro atoms. The molecule has 4 nitrogen and oxygen atoms in total. The molecule has 1 fully saturated rings. The summed E-state index contributed by atoms with van der Waals surface area (Å²) in [5.41, 5.74) is 3.36. The number of nitrogens with one attached hydrogen (secondary N) is 1. The van der Waals surface area contributed by atoms with Gasteiger partial charge in [0.2, 0.25) is 12.7 Å². The lowest BCUT2D eigenvalue weighted by Gasteiger charge is -2.17. The largest absolute Gasteiger partial charge is 0.454 e. The molecule has 0 radical (unpaired) electrons. The Morgan fingerprint density at radius 1 is 1.00 bits per heavy atom. The number of fused-ring (bicyclic) bond motifs is 1. The fourth-order valence-corrected chi connectivity index (χ4v) is 4.12. The normalized spacial score (nSPS) is 15.7. The number of hydrogen-bond donors (Lipinski definition) is 1. The van der Waals surface area contributed by atoms with Crippen molar-refractivity contribution in [3.05, 3.63) is 77.6 Å². The number of carbonyl (C=O) groups is 1. The van der Waals surface area contributed by atoms with Crippen LogP contribution in [0.2, 0.25) is 0 Å². The Morgan fingerprint density at radius 3 is 2.60 bits per heavy atom. The second-order valence-electron chi connectivity index (χ2n) is 7.81. The van der Waals surface area contributed by atoms with Crippen molar-refractivity contribution in [3.63, 3.8) is 0 Å². The molecule has 5 heteroatoms. The van der Waals surface area contributed by atoms with E-state index in [1.807, 2.05) is 49.4 Å². The molecule has 2 aliphatic rings. The van der Waals surface area contributed by atoms with E-state index in [2.05, 4.69) is 5.32 Å². The van der Waals surface area contributed by atoms with Gasteiger partial charge in [-0.05, 0) is 66.3 Å². The topological polar surface area (TPSA) is 47.6 Å². The first-order valence-electron chi connectivity index (χ1n) is 10.2. The molecule has 5 rings (SSSR count). The van der Waals surface area contributed by atoms with Gasteiger partial charge >= 0.3 is 0 Å². The van der Waals surface area contributed by atoms with Crippen LogP contribution in [-0.2, 0) is 16.6 Å². The Labute approximate surface area is 174 Å². The van der Waals surface area contributed by atoms with Crippen LogP contribution in [0.15, 0.2) is 60.7 Å². The molecule has 0 atom stereocenters. The molecule has 3 aromatic carbocycles. The number of benzene rings is 3. The quantitative estimate of drug-likeness (QED) is 0.616. The van der Waals surface area contributed by atoms with Crippen LogP contribution < -0.4 is 14.8 Å². The van der Waals surface area contributed by atoms with E-state index >= 15 is 0 Å². The predicted octanol–water partition coefficient (Wildman–Crippen LogP) is 5.45. The number of carbonyl (C=O) groups excluding carboxylic acids is 1. The summed E-state index contributed by atoms with van der Waals surface area (Å²) in [5.74, 6) is 0.994. The van der Waals surface area contributed by atoms with Crippen molar-refractivity contribution in [2.75, 3.05) is 12.1 Å². The molecule has 1 N–H and O–H groups in total. The summed E-state index contributed by atoms with van der Waals surface area (Å²) < 4.78 is 25.4. The van der Waals surface area contributed by atoms with Crippen LogP contribution in [-0.4, -0.2) is 12.7 Å². The van der Waals surface area contributed by atoms with Crippen molar-refractivity contribution in [3.8, 4) is 22.6 Å². The van der Waals surface area contributed by atoms with Crippen LogP contribution in [0.1, 0.15) is 30.9 Å². The number of amides is 1. The molecule has 1 saturated carbocycles. The molecule has 0 aromatic heterocycles. The third kappa shape index (κ3) is 3.11. The number of ether oxygens (including phenoxy) is 2. The molecule has 152 valence electrons. The highest BCUT2D eigenvalue weighted by Gasteiger charge is 2.51. The van der Waals surface area contributed by atoms with E-state index in [4.69, 9.17) is 9.47 Å². The average molecular weight is 403 g/mol. The van der Waals surface area contributed by atoms with Crippen LogP contribution in [0, 0.1) is 5.82 Å². The van der Waals surface area contributed by atoms with Gasteiger partial charge in [-0.1, -0.05) is 37.3 Å². The lowest BCUT2D eigenvalue weighted by atomic mass is 9.94. The van der Waals surface area contributed by atoms with Crippen molar-refractivity contribution >= 4 is 11.6 Å². The summed E-state index contributed by atoms with van der Waals surface area (Å²) in [5, 5.41) is 3.01. The van der Waals surface area contributed by atoms with E-state index in [1.165, 1.54) is 6.07 Å². The van der Waals surface area contributed by atoms with Gasteiger partial charge in [0.05, 0.1) is 5.41 Å². The van der Waals surface area contributed by atoms with Gasteiger partial charge in [0.15, 0.2) is 11.5 Å². The van der Waals surface area contributed by atoms with Crippen molar-refractivity contribution in [2.45, 2.75) is 31.6 Å². The third-order valence-corrected chi connectivity index (χ3v) is 6.02. The minimum atomic E-state index is -0.573. The summed E-state index contributed by atoms with van der Waals surface area (Å²) >= 11 is 0. The van der Waals surface area contributed by atoms with Crippen molar-refractivity contribution < 1.29 is 18.7 Å². The Kier molecular flexibility index (Phi) is 4.46. The van der Waals surface area contributed by atoms with Gasteiger partial charge in [0.1, 0.15) is 5.82 Å². The summed E-state index contributed by atoms with van der Waals surface area (Å²) in [4.78, 5) is 13.2. The summed E-state index contributed by atoms with van der Waals surface area (Å²) in [7, 11) is 0. The zero-order chi connectivity index (χ0) is 20.7. The minimum absolute atomic E-state index is 0.0808. The van der Waals surface area contributed by atoms with E-state index in [0.717, 1.165) is 36.0 Å². The standard InChI is InChI=1S/C25H22FNO3/c1-2-16-5-3-4-6-19(16)20-14-18(8-9-21(20)26)27-24(28)25(11-12-25)17-7-10-22-23(13-17)30-15-29-22/h3-10,13-14H,2,11-12,15H2,1H3,(H,27,28). The van der Waals surface area contributed by atoms with E-state index in [-0.39, 0.29) is 18.5 Å². The number of hydrogen-bond acceptors (Lipinski definition) is 3. The molecule has 1 amide bonds. The van der Waals surface area contributed by atoms with Gasteiger partial charge < -0.3 is 14.8 Å². The van der Waals surface area contributed by atoms with Gasteiger partial charge in [0.25, 0.3) is 0 Å². The lowest BCUT2D eigenvalue weighted by molar-refractivity contribution is -0.118. The Balaban J connectivity index is 1.43. The zero-order valence-electron chi connectivity index (χ0n) is 16.7. The minimum Gasteiger partial charge on any atom is -0.454 e. The molecular weight excluding hydrogens is 381 g/mol. The monoisotopic (exact) mass is 403 g/mol. The first-order chi connectivity index (χ1) is 14.6. The average Bonchev–Trinajstić information content (AvgIpc) is 3.46. The van der Waals surface area contributed by atoms with E-state index in [0.29, 0.717) is 22.7 Å². The maximum Gasteiger partial charge on any atom is 0.235 e. The highest BCUT2D eigenvalue weighted by molar-refractivity contribution is 6.02. The Bertz CT molecular complexity index is 1140. The molecular formula is C25H22FNO3. The second kappa shape index (κ2) is 7.17. The lowest BCUT2D eigenvalue weighted by Crippen LogP contribution is -2.27. The van der Waals surface area contributed by atoms with Gasteiger partial charge in [0, 0.05) is 11.3 Å². The molecule has 3 aromatic rings. The van der Waals surface area contributed by atoms with Crippen LogP contribution in [0.3, 0.4) is 0 Å². The van der Waals surface area contributed by atoms with E-state index < -0.39 is 5.41 Å². The van der Waals surface area contributed by atoms with E-state index in [1.54, 1.807) is 12.1 Å². The van der Waals surface area contributed by atoms with Gasteiger partial charge in [-0.15, -0.1) is 0 Å². The predicted molar refractivity (Wildman–Crippen MR) is 113 cm³/mol. The maximum absolute atomic E-state index is 14.6. The Morgan fingerprint density at radius 2 is 1.80 bits per heavy atom. The fraction of sp³-hybridized carbons (Fsp3) is 0.240. The number of halogens is 1. The van der Waals surface area contributed by atoms with Gasteiger partial charge in [-0.25, -0.2) is 4.39 Å². The SMILES string of the molecule is CCc1ccccc1-c1cc(NC(=O)C2(c3ccc4c(c3)OCO4)CC2)ccc1F. The van der Waals surface area contributed by atoms with E-state index in [9.17, 15) is 9.18 Å². The van der Waals surface area contributed by atoms with Crippen molar-refractivity contribution in [2.24, 2.45) is 0 Å². The fourth-order valence-electron chi connectivity index (χ4n) is 4.12. The summed E-state index contributed by atoms with van der Waals surface area (Å²) in [6, 6.07) is 18.2. The highest BCUT2D eigenvalue weighted by Crippen LogP contribution is 2.51. The number of anilines is 1. The zero-order valence-corrected chi connectivity index (χ0v) is 16.7. The number of rotatable bonds is 5. The molecule has 0 unspecified atom stereocenters. The van der Waals surface area contributed by atoms with Crippen LogP contribution >= 0.6 is 0 Å². The molecule has 0 bridgehead atoms. The first kappa shape index (κ1) is 18.7.